The zero-order valence-corrected chi connectivity index (χ0v) is 15.8. The second-order valence-electron chi connectivity index (χ2n) is 7.21. The average Bonchev–Trinajstić information content (AvgIpc) is 3.38. The van der Waals surface area contributed by atoms with Crippen molar-refractivity contribution in [1.82, 2.24) is 19.8 Å². The first-order valence-electron chi connectivity index (χ1n) is 9.40. The third kappa shape index (κ3) is 3.00. The predicted molar refractivity (Wildman–Crippen MR) is 97.3 cm³/mol. The number of fused-ring (bicyclic) bond motifs is 2. The van der Waals surface area contributed by atoms with Crippen molar-refractivity contribution in [2.75, 3.05) is 33.4 Å². The molecule has 150 valence electrons. The number of imidazole rings is 1. The number of carbonyl (C=O) groups excluding carboxylic acids is 2. The zero-order chi connectivity index (χ0) is 19.7. The van der Waals surface area contributed by atoms with Crippen molar-refractivity contribution >= 4 is 11.8 Å². The van der Waals surface area contributed by atoms with Gasteiger partial charge >= 0.3 is 0 Å². The number of aromatic nitrogens is 2. The Hall–Kier alpha value is -2.65. The van der Waals surface area contributed by atoms with Crippen molar-refractivity contribution in [3.8, 4) is 0 Å². The lowest BCUT2D eigenvalue weighted by molar-refractivity contribution is -0.145. The summed E-state index contributed by atoms with van der Waals surface area (Å²) in [6.45, 7) is 1.35. The van der Waals surface area contributed by atoms with Crippen LogP contribution in [0.25, 0.3) is 0 Å². The van der Waals surface area contributed by atoms with Gasteiger partial charge in [-0.25, -0.2) is 4.98 Å². The third-order valence-corrected chi connectivity index (χ3v) is 5.74. The standard InChI is InChI=1S/C19H24N4O5/c1-27-11-16(25)23-7-4-14-17(21-12-20-14)19(23)5-8-22(9-6-19)18(26)15-3-2-13(10-24)28-15/h2-3,12,24H,4-11H2,1H3,(H,20,21). The number of nitrogens with zero attached hydrogens (tertiary/aromatic N) is 3. The van der Waals surface area contributed by atoms with E-state index in [1.54, 1.807) is 23.4 Å². The number of aliphatic hydroxyl groups excluding tert-OH is 1. The molecule has 1 saturated heterocycles. The summed E-state index contributed by atoms with van der Waals surface area (Å²) in [4.78, 5) is 36.8. The van der Waals surface area contributed by atoms with Gasteiger partial charge in [-0.1, -0.05) is 0 Å². The molecule has 2 aliphatic rings. The van der Waals surface area contributed by atoms with Gasteiger partial charge in [0.25, 0.3) is 5.91 Å². The van der Waals surface area contributed by atoms with Crippen LogP contribution in [0.3, 0.4) is 0 Å². The van der Waals surface area contributed by atoms with Crippen LogP contribution < -0.4 is 0 Å². The Morgan fingerprint density at radius 2 is 2.11 bits per heavy atom. The molecule has 0 aromatic carbocycles. The summed E-state index contributed by atoms with van der Waals surface area (Å²) in [6.07, 6.45) is 3.60. The van der Waals surface area contributed by atoms with Gasteiger partial charge in [0.05, 0.1) is 17.6 Å². The van der Waals surface area contributed by atoms with Crippen LogP contribution in [0.2, 0.25) is 0 Å². The number of likely N-dealkylation sites (tertiary alicyclic amines) is 1. The molecule has 0 bridgehead atoms. The molecule has 2 amide bonds. The summed E-state index contributed by atoms with van der Waals surface area (Å²) in [7, 11) is 1.51. The molecule has 0 radical (unpaired) electrons. The smallest absolute Gasteiger partial charge is 0.289 e. The topological polar surface area (TPSA) is 112 Å². The molecule has 2 aliphatic heterocycles. The predicted octanol–water partition coefficient (Wildman–Crippen LogP) is 0.658. The quantitative estimate of drug-likeness (QED) is 0.796. The molecule has 2 aromatic rings. The highest BCUT2D eigenvalue weighted by Crippen LogP contribution is 2.42. The normalized spacial score (nSPS) is 18.4. The van der Waals surface area contributed by atoms with Gasteiger partial charge in [0.15, 0.2) is 5.76 Å². The number of rotatable bonds is 4. The van der Waals surface area contributed by atoms with Gasteiger partial charge in [-0.05, 0) is 25.0 Å². The average molecular weight is 388 g/mol. The van der Waals surface area contributed by atoms with Crippen LogP contribution in [-0.4, -0.2) is 70.0 Å². The highest BCUT2D eigenvalue weighted by Gasteiger charge is 2.49. The number of ether oxygens (including phenoxy) is 1. The SMILES string of the molecule is COCC(=O)N1CCc2[nH]cnc2C12CCN(C(=O)c1ccc(CO)o1)CC2. The molecule has 9 nitrogen and oxygen atoms in total. The fourth-order valence-corrected chi connectivity index (χ4v) is 4.36. The fourth-order valence-electron chi connectivity index (χ4n) is 4.36. The van der Waals surface area contributed by atoms with Gasteiger partial charge in [0, 0.05) is 38.9 Å². The largest absolute Gasteiger partial charge is 0.453 e. The number of carbonyl (C=O) groups is 2. The molecule has 1 spiro atoms. The minimum atomic E-state index is -0.528. The van der Waals surface area contributed by atoms with E-state index in [0.717, 1.165) is 17.8 Å². The first kappa shape index (κ1) is 18.7. The molecule has 0 saturated carbocycles. The number of furan rings is 1. The Morgan fingerprint density at radius 1 is 1.32 bits per heavy atom. The molecule has 1 fully saturated rings. The van der Waals surface area contributed by atoms with Gasteiger partial charge < -0.3 is 29.0 Å². The van der Waals surface area contributed by atoms with Crippen LogP contribution >= 0.6 is 0 Å². The van der Waals surface area contributed by atoms with E-state index in [1.165, 1.54) is 7.11 Å². The first-order chi connectivity index (χ1) is 13.6. The number of piperidine rings is 1. The first-order valence-corrected chi connectivity index (χ1v) is 9.40. The highest BCUT2D eigenvalue weighted by molar-refractivity contribution is 5.91. The lowest BCUT2D eigenvalue weighted by Crippen LogP contribution is -2.59. The van der Waals surface area contributed by atoms with Crippen molar-refractivity contribution in [2.24, 2.45) is 0 Å². The molecule has 0 aliphatic carbocycles. The molecule has 4 rings (SSSR count). The molecular formula is C19H24N4O5. The Bertz CT molecular complexity index is 865. The lowest BCUT2D eigenvalue weighted by atomic mass is 9.78. The van der Waals surface area contributed by atoms with E-state index in [2.05, 4.69) is 9.97 Å². The van der Waals surface area contributed by atoms with Gasteiger partial charge in [0.2, 0.25) is 5.91 Å². The third-order valence-electron chi connectivity index (χ3n) is 5.74. The Balaban J connectivity index is 1.56. The van der Waals surface area contributed by atoms with E-state index in [4.69, 9.17) is 14.3 Å². The molecular weight excluding hydrogens is 364 g/mol. The maximum Gasteiger partial charge on any atom is 0.289 e. The molecule has 0 atom stereocenters. The lowest BCUT2D eigenvalue weighted by Gasteiger charge is -2.50. The summed E-state index contributed by atoms with van der Waals surface area (Å²) >= 11 is 0. The van der Waals surface area contributed by atoms with Crippen molar-refractivity contribution in [1.29, 1.82) is 0 Å². The maximum absolute atomic E-state index is 12.7. The molecule has 0 unspecified atom stereocenters. The van der Waals surface area contributed by atoms with E-state index in [1.807, 2.05) is 4.90 Å². The number of hydrogen-bond donors (Lipinski definition) is 2. The minimum Gasteiger partial charge on any atom is -0.453 e. The fraction of sp³-hybridized carbons (Fsp3) is 0.526. The van der Waals surface area contributed by atoms with Crippen LogP contribution in [0.1, 0.15) is 40.5 Å². The summed E-state index contributed by atoms with van der Waals surface area (Å²) in [6, 6.07) is 3.18. The molecule has 2 N–H and O–H groups in total. The van der Waals surface area contributed by atoms with Crippen molar-refractivity contribution in [2.45, 2.75) is 31.4 Å². The minimum absolute atomic E-state index is 0.0283. The number of H-pyrrole nitrogens is 1. The second-order valence-corrected chi connectivity index (χ2v) is 7.21. The summed E-state index contributed by atoms with van der Waals surface area (Å²) in [5, 5.41) is 9.13. The van der Waals surface area contributed by atoms with E-state index >= 15 is 0 Å². The van der Waals surface area contributed by atoms with Gasteiger partial charge in [-0.15, -0.1) is 0 Å². The number of aromatic amines is 1. The van der Waals surface area contributed by atoms with Crippen LogP contribution in [-0.2, 0) is 28.1 Å². The number of aliphatic hydroxyl groups is 1. The second kappa shape index (κ2) is 7.40. The summed E-state index contributed by atoms with van der Waals surface area (Å²) in [5.74, 6) is 0.315. The van der Waals surface area contributed by atoms with Crippen molar-refractivity contribution < 1.29 is 23.8 Å². The highest BCUT2D eigenvalue weighted by atomic mass is 16.5. The molecule has 9 heteroatoms. The van der Waals surface area contributed by atoms with Crippen LogP contribution in [0.15, 0.2) is 22.9 Å². The van der Waals surface area contributed by atoms with Gasteiger partial charge in [-0.3, -0.25) is 9.59 Å². The van der Waals surface area contributed by atoms with Crippen LogP contribution in [0.5, 0.6) is 0 Å². The Kier molecular flexibility index (Phi) is 4.94. The van der Waals surface area contributed by atoms with Crippen LogP contribution in [0.4, 0.5) is 0 Å². The number of nitrogens with one attached hydrogen (secondary N) is 1. The molecule has 28 heavy (non-hydrogen) atoms. The zero-order valence-electron chi connectivity index (χ0n) is 15.8. The van der Waals surface area contributed by atoms with Crippen molar-refractivity contribution in [3.63, 3.8) is 0 Å². The van der Waals surface area contributed by atoms with E-state index in [9.17, 15) is 9.59 Å². The van der Waals surface area contributed by atoms with Crippen LogP contribution in [0, 0.1) is 0 Å². The maximum atomic E-state index is 12.7. The molecule has 4 heterocycles. The number of hydrogen-bond acceptors (Lipinski definition) is 6. The number of amides is 2. The van der Waals surface area contributed by atoms with E-state index in [0.29, 0.717) is 38.2 Å². The van der Waals surface area contributed by atoms with Gasteiger partial charge in [0.1, 0.15) is 19.0 Å². The van der Waals surface area contributed by atoms with Gasteiger partial charge in [-0.2, -0.15) is 0 Å². The van der Waals surface area contributed by atoms with E-state index < -0.39 is 5.54 Å². The molecule has 2 aromatic heterocycles. The Morgan fingerprint density at radius 3 is 2.79 bits per heavy atom. The Labute approximate surface area is 162 Å². The number of methoxy groups -OCH3 is 1. The summed E-state index contributed by atoms with van der Waals surface area (Å²) in [5.41, 5.74) is 1.43. The monoisotopic (exact) mass is 388 g/mol. The van der Waals surface area contributed by atoms with Crippen molar-refractivity contribution in [3.05, 3.63) is 41.4 Å². The summed E-state index contributed by atoms with van der Waals surface area (Å²) < 4.78 is 10.5. The van der Waals surface area contributed by atoms with E-state index in [-0.39, 0.29) is 30.8 Å².